The lowest BCUT2D eigenvalue weighted by Crippen LogP contribution is -2.30. The molecule has 0 atom stereocenters. The van der Waals surface area contributed by atoms with Gasteiger partial charge in [0.15, 0.2) is 5.75 Å². The third-order valence-corrected chi connectivity index (χ3v) is 3.36. The van der Waals surface area contributed by atoms with Gasteiger partial charge in [-0.2, -0.15) is 0 Å². The molecule has 132 valence electrons. The molecule has 0 aliphatic rings. The second-order valence-corrected chi connectivity index (χ2v) is 5.49. The first-order valence-corrected chi connectivity index (χ1v) is 8.41. The molecule has 1 aromatic rings. The minimum absolute atomic E-state index is 0.0762. The van der Waals surface area contributed by atoms with Gasteiger partial charge in [-0.25, -0.2) is 0 Å². The van der Waals surface area contributed by atoms with Gasteiger partial charge in [0.25, 0.3) is 0 Å². The zero-order valence-corrected chi connectivity index (χ0v) is 14.7. The van der Waals surface area contributed by atoms with Gasteiger partial charge in [-0.3, -0.25) is 14.9 Å². The number of carbonyl (C=O) groups excluding carboxylic acids is 1. The average Bonchev–Trinajstić information content (AvgIpc) is 2.57. The Morgan fingerprint density at radius 3 is 2.42 bits per heavy atom. The fraction of sp³-hybridized carbons (Fsp3) is 0.500. The van der Waals surface area contributed by atoms with Crippen LogP contribution in [0.3, 0.4) is 0 Å². The van der Waals surface area contributed by atoms with Gasteiger partial charge in [0.2, 0.25) is 5.91 Å². The van der Waals surface area contributed by atoms with Crippen molar-refractivity contribution in [1.29, 1.82) is 0 Å². The first-order valence-electron chi connectivity index (χ1n) is 8.41. The molecule has 0 heterocycles. The topological polar surface area (TPSA) is 72.7 Å². The number of nitro benzene ring substituents is 1. The number of rotatable bonds is 10. The summed E-state index contributed by atoms with van der Waals surface area (Å²) in [6.07, 6.45) is 5.65. The first kappa shape index (κ1) is 19.7. The third-order valence-electron chi connectivity index (χ3n) is 3.36. The highest BCUT2D eigenvalue weighted by molar-refractivity contribution is 5.91. The van der Waals surface area contributed by atoms with Crippen molar-refractivity contribution >= 4 is 17.7 Å². The Morgan fingerprint density at radius 1 is 1.21 bits per heavy atom. The molecule has 0 saturated carbocycles. The fourth-order valence-electron chi connectivity index (χ4n) is 2.26. The highest BCUT2D eigenvalue weighted by atomic mass is 16.6. The van der Waals surface area contributed by atoms with Gasteiger partial charge < -0.3 is 9.64 Å². The number of nitro groups is 1. The number of carbonyl (C=O) groups is 1. The standard InChI is InChI=1S/C18H26N2O4/c1-4-11-19(12-5-2)18(21)10-8-15-7-9-17(24-13-6-3)16(14-15)20(22)23/h7-10,14H,4-6,11-13H2,1-3H3/b10-8+. The molecule has 1 rings (SSSR count). The number of hydrogen-bond acceptors (Lipinski definition) is 4. The highest BCUT2D eigenvalue weighted by Gasteiger charge is 2.15. The molecule has 24 heavy (non-hydrogen) atoms. The summed E-state index contributed by atoms with van der Waals surface area (Å²) in [5.41, 5.74) is 0.517. The zero-order chi connectivity index (χ0) is 17.9. The molecule has 1 amide bonds. The van der Waals surface area contributed by atoms with Gasteiger partial charge in [-0.1, -0.05) is 26.8 Å². The van der Waals surface area contributed by atoms with Crippen molar-refractivity contribution in [3.63, 3.8) is 0 Å². The van der Waals surface area contributed by atoms with E-state index in [-0.39, 0.29) is 17.3 Å². The normalized spacial score (nSPS) is 10.8. The second-order valence-electron chi connectivity index (χ2n) is 5.49. The van der Waals surface area contributed by atoms with Crippen molar-refractivity contribution in [2.75, 3.05) is 19.7 Å². The van der Waals surface area contributed by atoms with Crippen molar-refractivity contribution in [3.8, 4) is 5.75 Å². The van der Waals surface area contributed by atoms with Crippen LogP contribution in [-0.2, 0) is 4.79 Å². The quantitative estimate of drug-likeness (QED) is 0.368. The summed E-state index contributed by atoms with van der Waals surface area (Å²) in [6.45, 7) is 7.84. The smallest absolute Gasteiger partial charge is 0.311 e. The monoisotopic (exact) mass is 334 g/mol. The lowest BCUT2D eigenvalue weighted by Gasteiger charge is -2.19. The largest absolute Gasteiger partial charge is 0.487 e. The Labute approximate surface area is 143 Å². The zero-order valence-electron chi connectivity index (χ0n) is 14.7. The Hall–Kier alpha value is -2.37. The van der Waals surface area contributed by atoms with Gasteiger partial charge in [0.1, 0.15) is 0 Å². The van der Waals surface area contributed by atoms with Crippen LogP contribution in [0.5, 0.6) is 5.75 Å². The van der Waals surface area contributed by atoms with Crippen LogP contribution in [0.25, 0.3) is 6.08 Å². The van der Waals surface area contributed by atoms with Gasteiger partial charge in [0, 0.05) is 25.2 Å². The molecule has 0 bridgehead atoms. The van der Waals surface area contributed by atoms with E-state index in [1.165, 1.54) is 12.1 Å². The van der Waals surface area contributed by atoms with E-state index < -0.39 is 4.92 Å². The molecule has 0 saturated heterocycles. The number of nitrogens with zero attached hydrogens (tertiary/aromatic N) is 2. The van der Waals surface area contributed by atoms with Crippen LogP contribution in [0.1, 0.15) is 45.6 Å². The van der Waals surface area contributed by atoms with E-state index in [2.05, 4.69) is 0 Å². The highest BCUT2D eigenvalue weighted by Crippen LogP contribution is 2.28. The molecule has 1 aromatic carbocycles. The summed E-state index contributed by atoms with van der Waals surface area (Å²) >= 11 is 0. The van der Waals surface area contributed by atoms with Gasteiger partial charge in [-0.05, 0) is 37.0 Å². The van der Waals surface area contributed by atoms with Gasteiger partial charge >= 0.3 is 5.69 Å². The predicted molar refractivity (Wildman–Crippen MR) is 95.1 cm³/mol. The van der Waals surface area contributed by atoms with Gasteiger partial charge in [-0.15, -0.1) is 0 Å². The Bertz CT molecular complexity index is 578. The number of ether oxygens (including phenoxy) is 1. The minimum Gasteiger partial charge on any atom is -0.487 e. The summed E-state index contributed by atoms with van der Waals surface area (Å²) in [4.78, 5) is 24.7. The fourth-order valence-corrected chi connectivity index (χ4v) is 2.26. The van der Waals surface area contributed by atoms with E-state index in [1.807, 2.05) is 20.8 Å². The molecule has 0 N–H and O–H groups in total. The number of benzene rings is 1. The summed E-state index contributed by atoms with van der Waals surface area (Å²) in [5.74, 6) is 0.177. The Balaban J connectivity index is 2.91. The van der Waals surface area contributed by atoms with Crippen molar-refractivity contribution in [2.24, 2.45) is 0 Å². The van der Waals surface area contributed by atoms with Crippen molar-refractivity contribution in [1.82, 2.24) is 4.90 Å². The van der Waals surface area contributed by atoms with E-state index in [9.17, 15) is 14.9 Å². The Morgan fingerprint density at radius 2 is 1.88 bits per heavy atom. The molecule has 0 spiro atoms. The molecule has 0 aliphatic heterocycles. The van der Waals surface area contributed by atoms with E-state index in [0.717, 1.165) is 19.3 Å². The van der Waals surface area contributed by atoms with Crippen LogP contribution in [0.15, 0.2) is 24.3 Å². The van der Waals surface area contributed by atoms with E-state index >= 15 is 0 Å². The van der Waals surface area contributed by atoms with E-state index in [1.54, 1.807) is 23.1 Å². The molecule has 0 radical (unpaired) electrons. The molecule has 6 nitrogen and oxygen atoms in total. The summed E-state index contributed by atoms with van der Waals surface area (Å²) < 4.78 is 5.39. The maximum atomic E-state index is 12.2. The molecular weight excluding hydrogens is 308 g/mol. The number of amides is 1. The lowest BCUT2D eigenvalue weighted by molar-refractivity contribution is -0.385. The van der Waals surface area contributed by atoms with Crippen LogP contribution in [0.2, 0.25) is 0 Å². The molecule has 0 unspecified atom stereocenters. The maximum absolute atomic E-state index is 12.2. The predicted octanol–water partition coefficient (Wildman–Crippen LogP) is 4.05. The lowest BCUT2D eigenvalue weighted by atomic mass is 10.1. The Kier molecular flexibility index (Phi) is 8.54. The second kappa shape index (κ2) is 10.4. The average molecular weight is 334 g/mol. The van der Waals surface area contributed by atoms with Crippen LogP contribution < -0.4 is 4.74 Å². The van der Waals surface area contributed by atoms with Crippen molar-refractivity contribution in [3.05, 3.63) is 40.0 Å². The summed E-state index contributed by atoms with van der Waals surface area (Å²) in [7, 11) is 0. The number of hydrogen-bond donors (Lipinski definition) is 0. The van der Waals surface area contributed by atoms with Crippen molar-refractivity contribution < 1.29 is 14.5 Å². The van der Waals surface area contributed by atoms with Gasteiger partial charge in [0.05, 0.1) is 11.5 Å². The maximum Gasteiger partial charge on any atom is 0.311 e. The SMILES string of the molecule is CCCOc1ccc(/C=C/C(=O)N(CCC)CCC)cc1[N+](=O)[O-]. The van der Waals surface area contributed by atoms with E-state index in [4.69, 9.17) is 4.74 Å². The van der Waals surface area contributed by atoms with E-state index in [0.29, 0.717) is 25.3 Å². The van der Waals surface area contributed by atoms with Crippen molar-refractivity contribution in [2.45, 2.75) is 40.0 Å². The van der Waals surface area contributed by atoms with Crippen LogP contribution in [0.4, 0.5) is 5.69 Å². The summed E-state index contributed by atoms with van der Waals surface area (Å²) in [6, 6.07) is 4.72. The molecule has 0 fully saturated rings. The molecular formula is C18H26N2O4. The molecule has 6 heteroatoms. The molecule has 0 aliphatic carbocycles. The summed E-state index contributed by atoms with van der Waals surface area (Å²) in [5, 5.41) is 11.2. The first-order chi connectivity index (χ1) is 11.5. The van der Waals surface area contributed by atoms with Crippen LogP contribution in [0, 0.1) is 10.1 Å². The molecule has 0 aromatic heterocycles. The minimum atomic E-state index is -0.468. The van der Waals surface area contributed by atoms with Crippen LogP contribution >= 0.6 is 0 Å². The van der Waals surface area contributed by atoms with Crippen LogP contribution in [-0.4, -0.2) is 35.4 Å². The third kappa shape index (κ3) is 6.02.